The third-order valence-electron chi connectivity index (χ3n) is 5.65. The van der Waals surface area contributed by atoms with Gasteiger partial charge in [0, 0.05) is 16.6 Å². The van der Waals surface area contributed by atoms with E-state index in [9.17, 15) is 5.26 Å². The molecular formula is C25H34N6OS2. The average Bonchev–Trinajstić information content (AvgIpc) is 3.26. The molecule has 182 valence electrons. The van der Waals surface area contributed by atoms with E-state index in [4.69, 9.17) is 16.2 Å². The monoisotopic (exact) mass is 498 g/mol. The fourth-order valence-electron chi connectivity index (χ4n) is 3.73. The van der Waals surface area contributed by atoms with Crippen molar-refractivity contribution in [1.29, 1.82) is 5.26 Å². The van der Waals surface area contributed by atoms with E-state index in [2.05, 4.69) is 34.8 Å². The van der Waals surface area contributed by atoms with Crippen LogP contribution in [0.2, 0.25) is 0 Å². The lowest BCUT2D eigenvalue weighted by molar-refractivity contribution is 0.229. The lowest BCUT2D eigenvalue weighted by Gasteiger charge is -2.27. The summed E-state index contributed by atoms with van der Waals surface area (Å²) in [7, 11) is 4.38. The number of hydrogen-bond acceptors (Lipinski definition) is 9. The molecule has 0 spiro atoms. The van der Waals surface area contributed by atoms with Gasteiger partial charge in [-0.1, -0.05) is 30.6 Å². The van der Waals surface area contributed by atoms with Crippen LogP contribution in [0.5, 0.6) is 5.75 Å². The summed E-state index contributed by atoms with van der Waals surface area (Å²) in [6.45, 7) is 1.22. The Morgan fingerprint density at radius 1 is 1.21 bits per heavy atom. The minimum atomic E-state index is 0.536. The number of fused-ring (bicyclic) bond motifs is 1. The number of nitrogens with two attached hydrogens (primary N) is 2. The molecular weight excluding hydrogens is 464 g/mol. The molecule has 34 heavy (non-hydrogen) atoms. The van der Waals surface area contributed by atoms with Crippen molar-refractivity contribution in [2.75, 3.05) is 37.7 Å². The van der Waals surface area contributed by atoms with Crippen molar-refractivity contribution < 1.29 is 4.74 Å². The van der Waals surface area contributed by atoms with Crippen LogP contribution in [0.3, 0.4) is 0 Å². The number of benzene rings is 2. The third kappa shape index (κ3) is 7.77. The Morgan fingerprint density at radius 2 is 2.00 bits per heavy atom. The van der Waals surface area contributed by atoms with E-state index < -0.39 is 0 Å². The summed E-state index contributed by atoms with van der Waals surface area (Å²) in [5.41, 5.74) is 13.2. The van der Waals surface area contributed by atoms with Crippen LogP contribution in [0, 0.1) is 11.3 Å². The first-order chi connectivity index (χ1) is 16.5. The number of nitriles is 1. The Bertz CT molecular complexity index is 1090. The number of rotatable bonds is 8. The number of nitrogen functional groups attached to an aromatic ring is 1. The molecule has 0 bridgehead atoms. The number of ether oxygens (including phenoxy) is 1. The van der Waals surface area contributed by atoms with Gasteiger partial charge < -0.3 is 25.8 Å². The Labute approximate surface area is 210 Å². The lowest BCUT2D eigenvalue weighted by atomic mass is 9.95. The van der Waals surface area contributed by atoms with Gasteiger partial charge >= 0.3 is 0 Å². The summed E-state index contributed by atoms with van der Waals surface area (Å²) in [5.74, 6) is 0.814. The predicted octanol–water partition coefficient (Wildman–Crippen LogP) is 5.48. The predicted molar refractivity (Wildman–Crippen MR) is 144 cm³/mol. The summed E-state index contributed by atoms with van der Waals surface area (Å²) in [5, 5.41) is 9.96. The fraction of sp³-hybridized carbons (Fsp3) is 0.440. The molecule has 1 aromatic heterocycles. The number of hydrogen-bond donors (Lipinski definition) is 3. The van der Waals surface area contributed by atoms with Gasteiger partial charge in [-0.15, -0.1) is 0 Å². The Kier molecular flexibility index (Phi) is 10.3. The maximum absolute atomic E-state index is 9.19. The summed E-state index contributed by atoms with van der Waals surface area (Å²) < 4.78 is 9.88. The van der Waals surface area contributed by atoms with Crippen molar-refractivity contribution in [1.82, 2.24) is 9.88 Å². The summed E-state index contributed by atoms with van der Waals surface area (Å²) in [6.07, 6.45) is 8.03. The molecule has 1 aliphatic rings. The first-order valence-electron chi connectivity index (χ1n) is 11.6. The van der Waals surface area contributed by atoms with Crippen LogP contribution in [0.15, 0.2) is 41.3 Å². The number of thiazole rings is 1. The quantitative estimate of drug-likeness (QED) is 0.213. The Hall–Kier alpha value is -2.51. The largest absolute Gasteiger partial charge is 0.493 e. The second-order valence-electron chi connectivity index (χ2n) is 8.47. The van der Waals surface area contributed by atoms with Crippen LogP contribution < -0.4 is 20.9 Å². The highest BCUT2D eigenvalue weighted by Crippen LogP contribution is 2.33. The SMILES string of the molecule is CN(C)C1CCCCC1.N#Cc1cc(N)ccc1SNc1nc2ccc(OCCCN)cc2s1. The number of anilines is 2. The second kappa shape index (κ2) is 13.4. The first kappa shape index (κ1) is 26.1. The van der Waals surface area contributed by atoms with E-state index >= 15 is 0 Å². The van der Waals surface area contributed by atoms with E-state index in [1.807, 2.05) is 24.3 Å². The molecule has 9 heteroatoms. The summed E-state index contributed by atoms with van der Waals surface area (Å²) in [4.78, 5) is 7.71. The Morgan fingerprint density at radius 3 is 2.68 bits per heavy atom. The van der Waals surface area contributed by atoms with Gasteiger partial charge in [0.1, 0.15) is 11.8 Å². The molecule has 4 rings (SSSR count). The van der Waals surface area contributed by atoms with E-state index in [1.165, 1.54) is 55.4 Å². The zero-order valence-corrected chi connectivity index (χ0v) is 21.6. The van der Waals surface area contributed by atoms with Crippen molar-refractivity contribution in [3.8, 4) is 11.8 Å². The van der Waals surface area contributed by atoms with E-state index in [1.54, 1.807) is 12.1 Å². The molecule has 3 aromatic rings. The zero-order valence-electron chi connectivity index (χ0n) is 19.9. The molecule has 1 saturated carbocycles. The van der Waals surface area contributed by atoms with E-state index in [-0.39, 0.29) is 0 Å². The summed E-state index contributed by atoms with van der Waals surface area (Å²) in [6, 6.07) is 14.1. The molecule has 0 saturated heterocycles. The van der Waals surface area contributed by atoms with Crippen LogP contribution in [0.25, 0.3) is 10.2 Å². The number of nitrogens with one attached hydrogen (secondary N) is 1. The lowest BCUT2D eigenvalue weighted by Crippen LogP contribution is -2.29. The molecule has 1 fully saturated rings. The van der Waals surface area contributed by atoms with Gasteiger partial charge in [0.25, 0.3) is 0 Å². The molecule has 0 radical (unpaired) electrons. The van der Waals surface area contributed by atoms with E-state index in [0.717, 1.165) is 38.5 Å². The van der Waals surface area contributed by atoms with Crippen molar-refractivity contribution in [2.24, 2.45) is 5.73 Å². The number of nitrogens with zero attached hydrogens (tertiary/aromatic N) is 3. The minimum Gasteiger partial charge on any atom is -0.493 e. The van der Waals surface area contributed by atoms with Gasteiger partial charge in [-0.25, -0.2) is 4.98 Å². The van der Waals surface area contributed by atoms with Gasteiger partial charge in [-0.3, -0.25) is 0 Å². The molecule has 2 aromatic carbocycles. The molecule has 5 N–H and O–H groups in total. The topological polar surface area (TPSA) is 113 Å². The van der Waals surface area contributed by atoms with Crippen LogP contribution in [-0.4, -0.2) is 43.2 Å². The minimum absolute atomic E-state index is 0.536. The van der Waals surface area contributed by atoms with Gasteiger partial charge in [-0.05, 0) is 88.2 Å². The molecule has 0 atom stereocenters. The van der Waals surface area contributed by atoms with Crippen molar-refractivity contribution in [3.05, 3.63) is 42.0 Å². The average molecular weight is 499 g/mol. The van der Waals surface area contributed by atoms with Crippen LogP contribution in [-0.2, 0) is 0 Å². The molecule has 1 aliphatic carbocycles. The van der Waals surface area contributed by atoms with Crippen LogP contribution in [0.1, 0.15) is 44.1 Å². The summed E-state index contributed by atoms with van der Waals surface area (Å²) >= 11 is 2.88. The maximum atomic E-state index is 9.19. The van der Waals surface area contributed by atoms with Crippen LogP contribution in [0.4, 0.5) is 10.8 Å². The van der Waals surface area contributed by atoms with Crippen molar-refractivity contribution in [2.45, 2.75) is 49.5 Å². The van der Waals surface area contributed by atoms with Gasteiger partial charge in [0.05, 0.1) is 22.4 Å². The van der Waals surface area contributed by atoms with Crippen LogP contribution >= 0.6 is 23.3 Å². The van der Waals surface area contributed by atoms with Crippen molar-refractivity contribution >= 4 is 44.3 Å². The normalized spacial score (nSPS) is 13.9. The highest BCUT2D eigenvalue weighted by Gasteiger charge is 2.14. The smallest absolute Gasteiger partial charge is 0.194 e. The number of aromatic nitrogens is 1. The first-order valence-corrected chi connectivity index (χ1v) is 13.3. The second-order valence-corrected chi connectivity index (χ2v) is 10.3. The Balaban J connectivity index is 0.000000302. The van der Waals surface area contributed by atoms with E-state index in [0.29, 0.717) is 24.4 Å². The van der Waals surface area contributed by atoms with Gasteiger partial charge in [-0.2, -0.15) is 5.26 Å². The molecule has 1 heterocycles. The molecule has 0 unspecified atom stereocenters. The standard InChI is InChI=1S/C17H17N5OS2.C8H17N/c18-6-1-7-23-13-3-4-14-16(9-13)24-17(21-14)22-25-15-5-2-12(20)8-11(15)10-19;1-9(2)8-6-4-3-5-7-8/h2-5,8-9H,1,6-7,18,20H2,(H,21,22);8H,3-7H2,1-2H3. The van der Waals surface area contributed by atoms with Crippen molar-refractivity contribution in [3.63, 3.8) is 0 Å². The third-order valence-corrected chi connectivity index (χ3v) is 7.59. The van der Waals surface area contributed by atoms with Gasteiger partial charge in [0.2, 0.25) is 0 Å². The maximum Gasteiger partial charge on any atom is 0.194 e. The highest BCUT2D eigenvalue weighted by atomic mass is 32.2. The molecule has 7 nitrogen and oxygen atoms in total. The zero-order chi connectivity index (χ0) is 24.3. The molecule has 0 aliphatic heterocycles. The van der Waals surface area contributed by atoms with Gasteiger partial charge in [0.15, 0.2) is 5.13 Å². The highest BCUT2D eigenvalue weighted by molar-refractivity contribution is 8.00. The fourth-order valence-corrected chi connectivity index (χ4v) is 5.36. The molecule has 0 amide bonds.